The zero-order valence-corrected chi connectivity index (χ0v) is 17.7. The SMILES string of the molecule is CC[C@H]1CN(C(C)c2cc(F)cc(F)c2)CCN1C(=O)c1ccc(NS(=O)O)cc1. The molecule has 6 nitrogen and oxygen atoms in total. The maximum Gasteiger partial charge on any atom is 0.259 e. The molecule has 9 heteroatoms. The molecule has 2 N–H and O–H groups in total. The molecule has 0 aliphatic carbocycles. The van der Waals surface area contributed by atoms with E-state index in [1.54, 1.807) is 24.3 Å². The lowest BCUT2D eigenvalue weighted by Gasteiger charge is -2.43. The summed E-state index contributed by atoms with van der Waals surface area (Å²) in [5, 5.41) is 0. The van der Waals surface area contributed by atoms with Crippen LogP contribution in [0.1, 0.15) is 42.2 Å². The molecule has 2 unspecified atom stereocenters. The first-order valence-corrected chi connectivity index (χ1v) is 10.9. The molecule has 1 fully saturated rings. The summed E-state index contributed by atoms with van der Waals surface area (Å²) in [6, 6.07) is 9.76. The molecule has 1 aliphatic rings. The molecule has 0 aromatic heterocycles. The van der Waals surface area contributed by atoms with Gasteiger partial charge in [-0.3, -0.25) is 19.0 Å². The second-order valence-electron chi connectivity index (χ2n) is 7.36. The summed E-state index contributed by atoms with van der Waals surface area (Å²) in [5.74, 6) is -1.30. The van der Waals surface area contributed by atoms with Gasteiger partial charge in [-0.25, -0.2) is 13.0 Å². The molecular formula is C21H25F2N3O3S. The maximum atomic E-state index is 13.6. The quantitative estimate of drug-likeness (QED) is 0.674. The number of piperazine rings is 1. The Morgan fingerprint density at radius 2 is 1.83 bits per heavy atom. The molecule has 0 radical (unpaired) electrons. The third-order valence-electron chi connectivity index (χ3n) is 5.50. The minimum atomic E-state index is -2.17. The number of nitrogens with one attached hydrogen (secondary N) is 1. The Labute approximate surface area is 177 Å². The fraction of sp³-hybridized carbons (Fsp3) is 0.381. The largest absolute Gasteiger partial charge is 0.333 e. The molecule has 30 heavy (non-hydrogen) atoms. The molecule has 1 aliphatic heterocycles. The fourth-order valence-electron chi connectivity index (χ4n) is 3.82. The van der Waals surface area contributed by atoms with Crippen molar-refractivity contribution in [3.8, 4) is 0 Å². The highest BCUT2D eigenvalue weighted by atomic mass is 32.2. The number of hydrogen-bond donors (Lipinski definition) is 2. The molecule has 0 saturated carbocycles. The van der Waals surface area contributed by atoms with Gasteiger partial charge < -0.3 is 4.90 Å². The Hall–Kier alpha value is -2.36. The van der Waals surface area contributed by atoms with Crippen molar-refractivity contribution in [1.29, 1.82) is 0 Å². The molecule has 2 aromatic carbocycles. The summed E-state index contributed by atoms with van der Waals surface area (Å²) in [4.78, 5) is 17.0. The van der Waals surface area contributed by atoms with E-state index in [1.165, 1.54) is 12.1 Å². The van der Waals surface area contributed by atoms with Gasteiger partial charge in [0, 0.05) is 49.0 Å². The van der Waals surface area contributed by atoms with Crippen molar-refractivity contribution in [2.24, 2.45) is 0 Å². The normalized spacial score (nSPS) is 19.4. The van der Waals surface area contributed by atoms with E-state index in [1.807, 2.05) is 18.7 Å². The molecule has 162 valence electrons. The van der Waals surface area contributed by atoms with E-state index in [-0.39, 0.29) is 18.0 Å². The van der Waals surface area contributed by atoms with Gasteiger partial charge in [-0.05, 0) is 55.3 Å². The number of amides is 1. The number of benzene rings is 2. The van der Waals surface area contributed by atoms with Crippen molar-refractivity contribution in [3.05, 3.63) is 65.2 Å². The monoisotopic (exact) mass is 437 g/mol. The van der Waals surface area contributed by atoms with Crippen LogP contribution < -0.4 is 4.72 Å². The molecule has 0 spiro atoms. The second kappa shape index (κ2) is 9.63. The molecule has 1 amide bonds. The Balaban J connectivity index is 1.70. The Morgan fingerprint density at radius 3 is 2.40 bits per heavy atom. The highest BCUT2D eigenvalue weighted by Crippen LogP contribution is 2.27. The first kappa shape index (κ1) is 22.3. The smallest absolute Gasteiger partial charge is 0.259 e. The van der Waals surface area contributed by atoms with E-state index in [4.69, 9.17) is 4.55 Å². The number of rotatable bonds is 6. The third kappa shape index (κ3) is 5.21. The van der Waals surface area contributed by atoms with Gasteiger partial charge in [0.25, 0.3) is 17.2 Å². The van der Waals surface area contributed by atoms with Gasteiger partial charge in [-0.1, -0.05) is 6.92 Å². The average Bonchev–Trinajstić information content (AvgIpc) is 2.71. The molecule has 1 saturated heterocycles. The van der Waals surface area contributed by atoms with Crippen LogP contribution in [0, 0.1) is 11.6 Å². The first-order valence-electron chi connectivity index (χ1n) is 9.77. The molecule has 2 aromatic rings. The van der Waals surface area contributed by atoms with Gasteiger partial charge in [0.15, 0.2) is 0 Å². The number of carbonyl (C=O) groups excluding carboxylic acids is 1. The predicted octanol–water partition coefficient (Wildman–Crippen LogP) is 3.81. The van der Waals surface area contributed by atoms with Crippen molar-refractivity contribution >= 4 is 22.9 Å². The minimum absolute atomic E-state index is 0.0325. The van der Waals surface area contributed by atoms with Crippen LogP contribution in [0.5, 0.6) is 0 Å². The highest BCUT2D eigenvalue weighted by molar-refractivity contribution is 7.80. The summed E-state index contributed by atoms with van der Waals surface area (Å²) >= 11 is -2.17. The van der Waals surface area contributed by atoms with Crippen molar-refractivity contribution in [2.75, 3.05) is 24.4 Å². The molecule has 1 heterocycles. The summed E-state index contributed by atoms with van der Waals surface area (Å²) in [7, 11) is 0. The van der Waals surface area contributed by atoms with Crippen molar-refractivity contribution in [1.82, 2.24) is 9.80 Å². The predicted molar refractivity (Wildman–Crippen MR) is 112 cm³/mol. The number of anilines is 1. The van der Waals surface area contributed by atoms with Crippen LogP contribution in [0.4, 0.5) is 14.5 Å². The fourth-order valence-corrected chi connectivity index (χ4v) is 4.16. The van der Waals surface area contributed by atoms with E-state index in [9.17, 15) is 17.8 Å². The van der Waals surface area contributed by atoms with E-state index >= 15 is 0 Å². The van der Waals surface area contributed by atoms with Gasteiger partial charge in [0.2, 0.25) is 0 Å². The van der Waals surface area contributed by atoms with E-state index in [0.717, 1.165) is 12.5 Å². The number of hydrogen-bond acceptors (Lipinski definition) is 3. The lowest BCUT2D eigenvalue weighted by molar-refractivity contribution is 0.0355. The van der Waals surface area contributed by atoms with Crippen LogP contribution in [-0.2, 0) is 11.3 Å². The number of nitrogens with zero attached hydrogens (tertiary/aromatic N) is 2. The number of carbonyl (C=O) groups is 1. The van der Waals surface area contributed by atoms with Crippen LogP contribution in [0.15, 0.2) is 42.5 Å². The van der Waals surface area contributed by atoms with Crippen LogP contribution in [0.2, 0.25) is 0 Å². The Kier molecular flexibility index (Phi) is 7.17. The van der Waals surface area contributed by atoms with Crippen molar-refractivity contribution in [3.63, 3.8) is 0 Å². The van der Waals surface area contributed by atoms with E-state index in [0.29, 0.717) is 36.4 Å². The first-order chi connectivity index (χ1) is 14.3. The molecular weight excluding hydrogens is 412 g/mol. The Bertz CT molecular complexity index is 906. The van der Waals surface area contributed by atoms with Crippen LogP contribution in [0.25, 0.3) is 0 Å². The van der Waals surface area contributed by atoms with E-state index in [2.05, 4.69) is 9.62 Å². The van der Waals surface area contributed by atoms with Crippen LogP contribution in [-0.4, -0.2) is 50.1 Å². The average molecular weight is 438 g/mol. The summed E-state index contributed by atoms with van der Waals surface area (Å²) < 4.78 is 49.3. The van der Waals surface area contributed by atoms with Gasteiger partial charge >= 0.3 is 0 Å². The van der Waals surface area contributed by atoms with Gasteiger partial charge in [-0.15, -0.1) is 0 Å². The zero-order chi connectivity index (χ0) is 21.8. The Morgan fingerprint density at radius 1 is 1.20 bits per heavy atom. The third-order valence-corrected chi connectivity index (χ3v) is 5.91. The summed E-state index contributed by atoms with van der Waals surface area (Å²) in [6.07, 6.45) is 0.746. The molecule has 3 rings (SSSR count). The standard InChI is InChI=1S/C21H25F2N3O3S/c1-3-20-13-25(14(2)16-10-17(22)12-18(23)11-16)8-9-26(20)21(27)15-4-6-19(7-5-15)24-30(28)29/h4-7,10-12,14,20,24H,3,8-9,13H2,1-2H3,(H,28,29)/t14?,20-/m0/s1. The highest BCUT2D eigenvalue weighted by Gasteiger charge is 2.32. The lowest BCUT2D eigenvalue weighted by Crippen LogP contribution is -2.55. The molecule has 0 bridgehead atoms. The summed E-state index contributed by atoms with van der Waals surface area (Å²) in [6.45, 7) is 5.61. The zero-order valence-electron chi connectivity index (χ0n) is 16.8. The lowest BCUT2D eigenvalue weighted by atomic mass is 10.0. The second-order valence-corrected chi connectivity index (χ2v) is 8.07. The van der Waals surface area contributed by atoms with Crippen LogP contribution in [0.3, 0.4) is 0 Å². The van der Waals surface area contributed by atoms with Gasteiger partial charge in [0.1, 0.15) is 11.6 Å². The number of halogens is 2. The molecule has 3 atom stereocenters. The van der Waals surface area contributed by atoms with Gasteiger partial charge in [-0.2, -0.15) is 0 Å². The topological polar surface area (TPSA) is 72.9 Å². The van der Waals surface area contributed by atoms with E-state index < -0.39 is 22.9 Å². The summed E-state index contributed by atoms with van der Waals surface area (Å²) in [5.41, 5.74) is 1.52. The van der Waals surface area contributed by atoms with Crippen molar-refractivity contribution < 1.29 is 22.3 Å². The minimum Gasteiger partial charge on any atom is -0.333 e. The van der Waals surface area contributed by atoms with Crippen molar-refractivity contribution in [2.45, 2.75) is 32.4 Å². The maximum absolute atomic E-state index is 13.6. The van der Waals surface area contributed by atoms with Gasteiger partial charge in [0.05, 0.1) is 0 Å². The van der Waals surface area contributed by atoms with Crippen LogP contribution >= 0.6 is 0 Å².